The molecule has 1 aliphatic rings. The molecule has 1 aromatic rings. The molecule has 0 aromatic heterocycles. The zero-order valence-corrected chi connectivity index (χ0v) is 10.2. The van der Waals surface area contributed by atoms with Crippen molar-refractivity contribution >= 4 is 11.5 Å². The largest absolute Gasteiger partial charge is 0.394 e. The molecule has 0 aliphatic carbocycles. The summed E-state index contributed by atoms with van der Waals surface area (Å²) in [7, 11) is 0. The second-order valence-electron chi connectivity index (χ2n) is 4.57. The van der Waals surface area contributed by atoms with Crippen LogP contribution in [0, 0.1) is 11.2 Å². The van der Waals surface area contributed by atoms with Crippen molar-refractivity contribution in [3.8, 4) is 0 Å². The van der Waals surface area contributed by atoms with Crippen molar-refractivity contribution in [2.45, 2.75) is 25.3 Å². The number of halogens is 1. The molecule has 2 rings (SSSR count). The first kappa shape index (κ1) is 12.8. The van der Waals surface area contributed by atoms with Gasteiger partial charge in [-0.2, -0.15) is 0 Å². The average molecular weight is 251 g/mol. The van der Waals surface area contributed by atoms with E-state index in [0.717, 1.165) is 25.8 Å². The second kappa shape index (κ2) is 5.35. The zero-order chi connectivity index (χ0) is 13.1. The Bertz CT molecular complexity index is 450. The van der Waals surface area contributed by atoms with Gasteiger partial charge in [-0.05, 0) is 31.4 Å². The molecule has 1 aliphatic heterocycles. The molecule has 0 saturated carbocycles. The van der Waals surface area contributed by atoms with Gasteiger partial charge in [-0.1, -0.05) is 6.07 Å². The van der Waals surface area contributed by atoms with Gasteiger partial charge in [0.15, 0.2) is 0 Å². The van der Waals surface area contributed by atoms with Crippen molar-refractivity contribution in [1.29, 1.82) is 5.41 Å². The summed E-state index contributed by atoms with van der Waals surface area (Å²) in [6, 6.07) is 4.66. The smallest absolute Gasteiger partial charge is 0.136 e. The van der Waals surface area contributed by atoms with Gasteiger partial charge in [0, 0.05) is 6.54 Å². The van der Waals surface area contributed by atoms with Crippen molar-refractivity contribution in [3.05, 3.63) is 29.6 Å². The van der Waals surface area contributed by atoms with Crippen molar-refractivity contribution in [1.82, 2.24) is 0 Å². The highest BCUT2D eigenvalue weighted by atomic mass is 19.1. The van der Waals surface area contributed by atoms with Crippen LogP contribution < -0.4 is 10.6 Å². The Morgan fingerprint density at radius 2 is 2.28 bits per heavy atom. The summed E-state index contributed by atoms with van der Waals surface area (Å²) in [4.78, 5) is 1.96. The molecule has 4 nitrogen and oxygen atoms in total. The fourth-order valence-electron chi connectivity index (χ4n) is 2.53. The number of aliphatic hydroxyl groups is 1. The van der Waals surface area contributed by atoms with Crippen molar-refractivity contribution in [2.24, 2.45) is 5.73 Å². The number of nitrogens with zero attached hydrogens (tertiary/aromatic N) is 1. The Balaban J connectivity index is 2.42. The number of rotatable bonds is 3. The van der Waals surface area contributed by atoms with E-state index in [1.807, 2.05) is 4.90 Å². The zero-order valence-electron chi connectivity index (χ0n) is 10.2. The lowest BCUT2D eigenvalue weighted by molar-refractivity contribution is 0.240. The highest BCUT2D eigenvalue weighted by molar-refractivity contribution is 6.00. The molecular formula is C13H18FN3O. The van der Waals surface area contributed by atoms with Crippen LogP contribution in [0.5, 0.6) is 0 Å². The molecule has 18 heavy (non-hydrogen) atoms. The minimum absolute atomic E-state index is 0.0151. The molecule has 1 atom stereocenters. The number of amidine groups is 1. The SMILES string of the molecule is N=C(N)c1c(F)cccc1N1CCCCC1CO. The lowest BCUT2D eigenvalue weighted by Crippen LogP contribution is -2.43. The van der Waals surface area contributed by atoms with E-state index in [-0.39, 0.29) is 24.0 Å². The molecule has 1 aromatic carbocycles. The lowest BCUT2D eigenvalue weighted by atomic mass is 10.00. The van der Waals surface area contributed by atoms with Gasteiger partial charge in [0.2, 0.25) is 0 Å². The van der Waals surface area contributed by atoms with Crippen LogP contribution in [0.15, 0.2) is 18.2 Å². The summed E-state index contributed by atoms with van der Waals surface area (Å²) in [6.07, 6.45) is 2.95. The van der Waals surface area contributed by atoms with Crippen LogP contribution in [0.4, 0.5) is 10.1 Å². The molecule has 4 N–H and O–H groups in total. The molecule has 0 bridgehead atoms. The van der Waals surface area contributed by atoms with Crippen LogP contribution in [0.1, 0.15) is 24.8 Å². The quantitative estimate of drug-likeness (QED) is 0.562. The summed E-state index contributed by atoms with van der Waals surface area (Å²) in [5.41, 5.74) is 6.21. The number of hydrogen-bond donors (Lipinski definition) is 3. The Hall–Kier alpha value is -1.62. The molecule has 1 heterocycles. The maximum atomic E-state index is 13.8. The molecule has 5 heteroatoms. The van der Waals surface area contributed by atoms with Gasteiger partial charge in [-0.25, -0.2) is 4.39 Å². The topological polar surface area (TPSA) is 73.3 Å². The number of piperidine rings is 1. The van der Waals surface area contributed by atoms with Crippen LogP contribution in [-0.2, 0) is 0 Å². The van der Waals surface area contributed by atoms with Crippen molar-refractivity contribution < 1.29 is 9.50 Å². The van der Waals surface area contributed by atoms with E-state index in [2.05, 4.69) is 0 Å². The number of hydrogen-bond acceptors (Lipinski definition) is 3. The standard InChI is InChI=1S/C13H18FN3O/c14-10-5-3-6-11(12(10)13(15)16)17-7-2-1-4-9(17)8-18/h3,5-6,9,18H,1-2,4,7-8H2,(H3,15,16). The molecule has 1 saturated heterocycles. The van der Waals surface area contributed by atoms with Crippen molar-refractivity contribution in [3.63, 3.8) is 0 Å². The molecule has 0 radical (unpaired) electrons. The minimum atomic E-state index is -0.484. The fourth-order valence-corrected chi connectivity index (χ4v) is 2.53. The van der Waals surface area contributed by atoms with E-state index in [4.69, 9.17) is 11.1 Å². The molecule has 0 amide bonds. The summed E-state index contributed by atoms with van der Waals surface area (Å²) < 4.78 is 13.8. The van der Waals surface area contributed by atoms with Crippen LogP contribution in [0.25, 0.3) is 0 Å². The molecule has 1 fully saturated rings. The van der Waals surface area contributed by atoms with Gasteiger partial charge in [0.1, 0.15) is 11.7 Å². The molecule has 0 spiro atoms. The third-order valence-electron chi connectivity index (χ3n) is 3.41. The number of nitrogen functional groups attached to an aromatic ring is 1. The van der Waals surface area contributed by atoms with Gasteiger partial charge in [-0.3, -0.25) is 5.41 Å². The second-order valence-corrected chi connectivity index (χ2v) is 4.57. The third-order valence-corrected chi connectivity index (χ3v) is 3.41. The highest BCUT2D eigenvalue weighted by Gasteiger charge is 2.25. The average Bonchev–Trinajstić information content (AvgIpc) is 2.38. The predicted molar refractivity (Wildman–Crippen MR) is 69.5 cm³/mol. The predicted octanol–water partition coefficient (Wildman–Crippen LogP) is 1.46. The summed E-state index contributed by atoms with van der Waals surface area (Å²) in [5.74, 6) is -0.757. The Morgan fingerprint density at radius 3 is 2.94 bits per heavy atom. The Morgan fingerprint density at radius 1 is 1.50 bits per heavy atom. The highest BCUT2D eigenvalue weighted by Crippen LogP contribution is 2.29. The monoisotopic (exact) mass is 251 g/mol. The summed E-state index contributed by atoms with van der Waals surface area (Å²) >= 11 is 0. The Kier molecular flexibility index (Phi) is 3.81. The van der Waals surface area contributed by atoms with Crippen LogP contribution >= 0.6 is 0 Å². The van der Waals surface area contributed by atoms with E-state index in [1.54, 1.807) is 12.1 Å². The van der Waals surface area contributed by atoms with E-state index in [0.29, 0.717) is 5.69 Å². The Labute approximate surface area is 106 Å². The van der Waals surface area contributed by atoms with Gasteiger partial charge >= 0.3 is 0 Å². The van der Waals surface area contributed by atoms with Gasteiger partial charge in [0.05, 0.1) is 23.9 Å². The number of aliphatic hydroxyl groups excluding tert-OH is 1. The first-order valence-electron chi connectivity index (χ1n) is 6.15. The number of benzene rings is 1. The summed E-state index contributed by atoms with van der Waals surface area (Å²) in [5, 5.41) is 16.9. The van der Waals surface area contributed by atoms with E-state index in [1.165, 1.54) is 6.07 Å². The van der Waals surface area contributed by atoms with Gasteiger partial charge in [-0.15, -0.1) is 0 Å². The van der Waals surface area contributed by atoms with Gasteiger partial charge < -0.3 is 15.7 Å². The lowest BCUT2D eigenvalue weighted by Gasteiger charge is -2.37. The molecule has 98 valence electrons. The van der Waals surface area contributed by atoms with E-state index >= 15 is 0 Å². The van der Waals surface area contributed by atoms with Gasteiger partial charge in [0.25, 0.3) is 0 Å². The normalized spacial score (nSPS) is 19.9. The fraction of sp³-hybridized carbons (Fsp3) is 0.462. The third kappa shape index (κ3) is 2.31. The molecular weight excluding hydrogens is 233 g/mol. The molecule has 1 unspecified atom stereocenters. The number of anilines is 1. The first-order valence-corrected chi connectivity index (χ1v) is 6.15. The maximum Gasteiger partial charge on any atom is 0.136 e. The number of nitrogens with one attached hydrogen (secondary N) is 1. The minimum Gasteiger partial charge on any atom is -0.394 e. The maximum absolute atomic E-state index is 13.8. The van der Waals surface area contributed by atoms with Crippen LogP contribution in [0.2, 0.25) is 0 Å². The van der Waals surface area contributed by atoms with E-state index < -0.39 is 5.82 Å². The first-order chi connectivity index (χ1) is 8.65. The van der Waals surface area contributed by atoms with Crippen LogP contribution in [-0.4, -0.2) is 30.1 Å². The van der Waals surface area contributed by atoms with Crippen molar-refractivity contribution in [2.75, 3.05) is 18.1 Å². The number of nitrogens with two attached hydrogens (primary N) is 1. The summed E-state index contributed by atoms with van der Waals surface area (Å²) in [6.45, 7) is 0.794. The van der Waals surface area contributed by atoms with Crippen LogP contribution in [0.3, 0.4) is 0 Å². The van der Waals surface area contributed by atoms with E-state index in [9.17, 15) is 9.50 Å².